The third-order valence-corrected chi connectivity index (χ3v) is 5.88. The topological polar surface area (TPSA) is 29.1 Å². The Morgan fingerprint density at radius 3 is 2.87 bits per heavy atom. The van der Waals surface area contributed by atoms with Gasteiger partial charge in [0.1, 0.15) is 0 Å². The Morgan fingerprint density at radius 1 is 1.47 bits per heavy atom. The van der Waals surface area contributed by atoms with Gasteiger partial charge in [0.05, 0.1) is 5.25 Å². The van der Waals surface area contributed by atoms with E-state index in [0.29, 0.717) is 22.7 Å². The highest BCUT2D eigenvalue weighted by Crippen LogP contribution is 2.39. The van der Waals surface area contributed by atoms with Crippen LogP contribution in [0.1, 0.15) is 46.5 Å². The van der Waals surface area contributed by atoms with E-state index < -0.39 is 10.8 Å². The fraction of sp³-hybridized carbons (Fsp3) is 1.00. The van der Waals surface area contributed by atoms with Crippen molar-refractivity contribution in [2.75, 3.05) is 5.75 Å². The van der Waals surface area contributed by atoms with Gasteiger partial charge in [0.2, 0.25) is 0 Å². The summed E-state index contributed by atoms with van der Waals surface area (Å²) in [5, 5.41) is 4.09. The van der Waals surface area contributed by atoms with Crippen LogP contribution in [-0.4, -0.2) is 27.3 Å². The minimum atomic E-state index is -0.596. The molecule has 4 atom stereocenters. The largest absolute Gasteiger partial charge is 0.309 e. The summed E-state index contributed by atoms with van der Waals surface area (Å²) in [7, 11) is -0.596. The average molecular weight is 229 g/mol. The molecule has 0 aromatic rings. The van der Waals surface area contributed by atoms with Crippen LogP contribution in [0.5, 0.6) is 0 Å². The van der Waals surface area contributed by atoms with Gasteiger partial charge in [-0.15, -0.1) is 0 Å². The summed E-state index contributed by atoms with van der Waals surface area (Å²) in [4.78, 5) is 0. The van der Waals surface area contributed by atoms with Gasteiger partial charge < -0.3 is 5.32 Å². The molecule has 1 aliphatic heterocycles. The van der Waals surface area contributed by atoms with Crippen molar-refractivity contribution in [3.8, 4) is 0 Å². The van der Waals surface area contributed by atoms with Crippen molar-refractivity contribution in [3.63, 3.8) is 0 Å². The summed E-state index contributed by atoms with van der Waals surface area (Å²) in [6.45, 7) is 6.81. The second-order valence-electron chi connectivity index (χ2n) is 5.87. The molecule has 1 heterocycles. The van der Waals surface area contributed by atoms with Crippen LogP contribution >= 0.6 is 0 Å². The molecule has 4 unspecified atom stereocenters. The second kappa shape index (κ2) is 4.17. The summed E-state index contributed by atoms with van der Waals surface area (Å²) in [6.07, 6.45) is 4.72. The van der Waals surface area contributed by atoms with E-state index in [-0.39, 0.29) is 0 Å². The Kier molecular flexibility index (Phi) is 3.22. The SMILES string of the molecule is CCC1CS(=O)C2CC(C)(C)CCC2N1. The van der Waals surface area contributed by atoms with Crippen molar-refractivity contribution in [2.45, 2.75) is 63.8 Å². The molecular formula is C12H23NOS. The maximum Gasteiger partial charge on any atom is 0.0507 e. The Balaban J connectivity index is 2.07. The van der Waals surface area contributed by atoms with Crippen LogP contribution in [0.15, 0.2) is 0 Å². The number of hydrogen-bond donors (Lipinski definition) is 1. The zero-order chi connectivity index (χ0) is 11.1. The Bertz CT molecular complexity index is 264. The number of hydrogen-bond acceptors (Lipinski definition) is 2. The molecule has 2 nitrogen and oxygen atoms in total. The number of fused-ring (bicyclic) bond motifs is 1. The van der Waals surface area contributed by atoms with Gasteiger partial charge >= 0.3 is 0 Å². The van der Waals surface area contributed by atoms with E-state index in [1.807, 2.05) is 0 Å². The monoisotopic (exact) mass is 229 g/mol. The van der Waals surface area contributed by atoms with Gasteiger partial charge in [-0.2, -0.15) is 0 Å². The zero-order valence-electron chi connectivity index (χ0n) is 10.1. The van der Waals surface area contributed by atoms with E-state index in [4.69, 9.17) is 0 Å². The van der Waals surface area contributed by atoms with Crippen molar-refractivity contribution in [1.29, 1.82) is 0 Å². The maximum absolute atomic E-state index is 12.2. The van der Waals surface area contributed by atoms with E-state index in [9.17, 15) is 4.21 Å². The van der Waals surface area contributed by atoms with Gasteiger partial charge in [0.25, 0.3) is 0 Å². The molecule has 1 saturated heterocycles. The summed E-state index contributed by atoms with van der Waals surface area (Å²) in [5.41, 5.74) is 0.400. The molecule has 2 rings (SSSR count). The minimum absolute atomic E-state index is 0.400. The van der Waals surface area contributed by atoms with Crippen molar-refractivity contribution in [1.82, 2.24) is 5.32 Å². The Morgan fingerprint density at radius 2 is 2.20 bits per heavy atom. The first-order valence-corrected chi connectivity index (χ1v) is 7.53. The average Bonchev–Trinajstić information content (AvgIpc) is 2.18. The number of rotatable bonds is 1. The fourth-order valence-corrected chi connectivity index (χ4v) is 5.09. The smallest absolute Gasteiger partial charge is 0.0507 e. The molecule has 88 valence electrons. The fourth-order valence-electron chi connectivity index (χ4n) is 2.90. The van der Waals surface area contributed by atoms with Gasteiger partial charge in [0, 0.05) is 28.6 Å². The number of nitrogens with one attached hydrogen (secondary N) is 1. The molecule has 0 amide bonds. The molecule has 0 bridgehead atoms. The predicted octanol–water partition coefficient (Wildman–Crippen LogP) is 2.06. The van der Waals surface area contributed by atoms with Crippen LogP contribution < -0.4 is 5.32 Å². The predicted molar refractivity (Wildman–Crippen MR) is 65.4 cm³/mol. The van der Waals surface area contributed by atoms with E-state index in [1.54, 1.807) is 0 Å². The van der Waals surface area contributed by atoms with E-state index >= 15 is 0 Å². The lowest BCUT2D eigenvalue weighted by atomic mass is 9.75. The summed E-state index contributed by atoms with van der Waals surface area (Å²) >= 11 is 0. The molecule has 0 aromatic carbocycles. The molecule has 1 saturated carbocycles. The molecular weight excluding hydrogens is 206 g/mol. The molecule has 1 aliphatic carbocycles. The highest BCUT2D eigenvalue weighted by atomic mass is 32.2. The molecule has 15 heavy (non-hydrogen) atoms. The molecule has 2 aliphatic rings. The van der Waals surface area contributed by atoms with Crippen molar-refractivity contribution >= 4 is 10.8 Å². The first kappa shape index (κ1) is 11.6. The standard InChI is InChI=1S/C12H23NOS/c1-4-9-8-15(14)11-7-12(2,3)6-5-10(11)13-9/h9-11,13H,4-8H2,1-3H3. The van der Waals surface area contributed by atoms with Crippen LogP contribution in [0.4, 0.5) is 0 Å². The van der Waals surface area contributed by atoms with Crippen molar-refractivity contribution in [2.24, 2.45) is 5.41 Å². The zero-order valence-corrected chi connectivity index (χ0v) is 10.9. The first-order valence-electron chi connectivity index (χ1n) is 6.15. The van der Waals surface area contributed by atoms with Crippen LogP contribution in [-0.2, 0) is 10.8 Å². The van der Waals surface area contributed by atoms with E-state index in [1.165, 1.54) is 12.8 Å². The van der Waals surface area contributed by atoms with Crippen LogP contribution in [0.3, 0.4) is 0 Å². The molecule has 1 N–H and O–H groups in total. The lowest BCUT2D eigenvalue weighted by Gasteiger charge is -2.45. The molecule has 2 fully saturated rings. The molecule has 3 heteroatoms. The van der Waals surface area contributed by atoms with E-state index in [2.05, 4.69) is 26.1 Å². The molecule has 0 spiro atoms. The molecule has 0 aromatic heterocycles. The van der Waals surface area contributed by atoms with Gasteiger partial charge in [-0.1, -0.05) is 20.8 Å². The summed E-state index contributed by atoms with van der Waals surface area (Å²) < 4.78 is 12.2. The van der Waals surface area contributed by atoms with Crippen LogP contribution in [0.25, 0.3) is 0 Å². The third-order valence-electron chi connectivity index (χ3n) is 3.98. The summed E-state index contributed by atoms with van der Waals surface area (Å²) in [5.74, 6) is 0.869. The Hall–Kier alpha value is 0.110. The van der Waals surface area contributed by atoms with Crippen molar-refractivity contribution in [3.05, 3.63) is 0 Å². The first-order chi connectivity index (χ1) is 7.02. The van der Waals surface area contributed by atoms with Crippen LogP contribution in [0.2, 0.25) is 0 Å². The normalized spacial score (nSPS) is 44.7. The molecule has 0 radical (unpaired) electrons. The van der Waals surface area contributed by atoms with Gasteiger partial charge in [0.15, 0.2) is 0 Å². The van der Waals surface area contributed by atoms with Crippen molar-refractivity contribution < 1.29 is 4.21 Å². The third kappa shape index (κ3) is 2.44. The van der Waals surface area contributed by atoms with E-state index in [0.717, 1.165) is 18.6 Å². The minimum Gasteiger partial charge on any atom is -0.309 e. The lowest BCUT2D eigenvalue weighted by Crippen LogP contribution is -2.58. The van der Waals surface area contributed by atoms with Crippen LogP contribution in [0, 0.1) is 5.41 Å². The van der Waals surface area contributed by atoms with Gasteiger partial charge in [-0.25, -0.2) is 0 Å². The maximum atomic E-state index is 12.2. The second-order valence-corrected chi connectivity index (χ2v) is 7.57. The quantitative estimate of drug-likeness (QED) is 0.746. The highest BCUT2D eigenvalue weighted by Gasteiger charge is 2.41. The summed E-state index contributed by atoms with van der Waals surface area (Å²) in [6, 6.07) is 1.02. The lowest BCUT2D eigenvalue weighted by molar-refractivity contribution is 0.198. The van der Waals surface area contributed by atoms with Gasteiger partial charge in [-0.05, 0) is 31.1 Å². The van der Waals surface area contributed by atoms with Gasteiger partial charge in [-0.3, -0.25) is 4.21 Å². The highest BCUT2D eigenvalue weighted by molar-refractivity contribution is 7.85. The Labute approximate surface area is 95.7 Å².